The first-order valence-corrected chi connectivity index (χ1v) is 9.05. The Morgan fingerprint density at radius 1 is 1.23 bits per heavy atom. The number of carbonyl (C=O) groups is 1. The Morgan fingerprint density at radius 2 is 2.04 bits per heavy atom. The smallest absolute Gasteiger partial charge is 0.226 e. The summed E-state index contributed by atoms with van der Waals surface area (Å²) in [7, 11) is 0. The third-order valence-corrected chi connectivity index (χ3v) is 5.15. The van der Waals surface area contributed by atoms with Gasteiger partial charge in [-0.3, -0.25) is 14.9 Å². The van der Waals surface area contributed by atoms with E-state index >= 15 is 0 Å². The monoisotopic (exact) mass is 346 g/mol. The molecule has 0 saturated heterocycles. The highest BCUT2D eigenvalue weighted by Crippen LogP contribution is 2.34. The van der Waals surface area contributed by atoms with E-state index in [9.17, 15) is 4.79 Å². The van der Waals surface area contributed by atoms with Gasteiger partial charge in [-0.25, -0.2) is 0 Å². The van der Waals surface area contributed by atoms with Crippen LogP contribution >= 0.6 is 0 Å². The number of nitrogens with zero attached hydrogens (tertiary/aromatic N) is 2. The van der Waals surface area contributed by atoms with Gasteiger partial charge in [0, 0.05) is 29.9 Å². The summed E-state index contributed by atoms with van der Waals surface area (Å²) in [6, 6.07) is 12.3. The molecule has 2 heterocycles. The van der Waals surface area contributed by atoms with Gasteiger partial charge in [0.2, 0.25) is 5.91 Å². The Hall–Kier alpha value is -2.95. The topological polar surface area (TPSA) is 70.7 Å². The highest BCUT2D eigenvalue weighted by Gasteiger charge is 2.23. The molecule has 0 bridgehead atoms. The fourth-order valence-corrected chi connectivity index (χ4v) is 3.79. The van der Waals surface area contributed by atoms with Crippen LogP contribution in [-0.4, -0.2) is 21.1 Å². The number of aromatic amines is 1. The molecule has 26 heavy (non-hydrogen) atoms. The maximum atomic E-state index is 12.6. The zero-order chi connectivity index (χ0) is 17.9. The fourth-order valence-electron chi connectivity index (χ4n) is 3.79. The average Bonchev–Trinajstić information content (AvgIpc) is 3.03. The summed E-state index contributed by atoms with van der Waals surface area (Å²) >= 11 is 0. The molecule has 2 N–H and O–H groups in total. The molecule has 1 aliphatic rings. The molecular weight excluding hydrogens is 324 g/mol. The summed E-state index contributed by atoms with van der Waals surface area (Å²) in [6.45, 7) is 1.96. The number of hydrogen-bond acceptors (Lipinski definition) is 3. The summed E-state index contributed by atoms with van der Waals surface area (Å²) in [5.74, 6) is 0.994. The lowest BCUT2D eigenvalue weighted by molar-refractivity contribution is -0.116. The van der Waals surface area contributed by atoms with Crippen LogP contribution in [-0.2, 0) is 11.2 Å². The minimum Gasteiger partial charge on any atom is -0.311 e. The number of amides is 1. The van der Waals surface area contributed by atoms with Crippen LogP contribution in [0.3, 0.4) is 0 Å². The molecule has 1 amide bonds. The number of aromatic nitrogens is 3. The molecule has 4 rings (SSSR count). The highest BCUT2D eigenvalue weighted by atomic mass is 16.1. The maximum absolute atomic E-state index is 12.6. The lowest BCUT2D eigenvalue weighted by atomic mass is 9.81. The second-order valence-corrected chi connectivity index (χ2v) is 6.85. The first-order chi connectivity index (χ1) is 12.7. The largest absolute Gasteiger partial charge is 0.311 e. The Balaban J connectivity index is 1.47. The normalized spacial score (nSPS) is 16.1. The van der Waals surface area contributed by atoms with Crippen LogP contribution in [0, 0.1) is 6.92 Å². The van der Waals surface area contributed by atoms with Gasteiger partial charge in [0.15, 0.2) is 0 Å². The van der Waals surface area contributed by atoms with Crippen molar-refractivity contribution < 1.29 is 4.79 Å². The first kappa shape index (κ1) is 16.5. The predicted molar refractivity (Wildman–Crippen MR) is 102 cm³/mol. The van der Waals surface area contributed by atoms with Crippen LogP contribution < -0.4 is 5.32 Å². The molecule has 1 unspecified atom stereocenters. The summed E-state index contributed by atoms with van der Waals surface area (Å²) in [6.07, 6.45) is 7.30. The number of benzene rings is 1. The zero-order valence-corrected chi connectivity index (χ0v) is 14.8. The Kier molecular flexibility index (Phi) is 4.52. The van der Waals surface area contributed by atoms with Crippen molar-refractivity contribution in [3.63, 3.8) is 0 Å². The highest BCUT2D eigenvalue weighted by molar-refractivity contribution is 5.92. The van der Waals surface area contributed by atoms with E-state index in [2.05, 4.69) is 44.8 Å². The molecule has 0 spiro atoms. The number of anilines is 1. The molecule has 132 valence electrons. The van der Waals surface area contributed by atoms with Crippen LogP contribution in [0.2, 0.25) is 0 Å². The van der Waals surface area contributed by atoms with Gasteiger partial charge in [0.25, 0.3) is 0 Å². The molecule has 0 aliphatic heterocycles. The molecule has 3 aromatic rings. The first-order valence-electron chi connectivity index (χ1n) is 9.05. The number of pyridine rings is 1. The van der Waals surface area contributed by atoms with Crippen molar-refractivity contribution in [2.24, 2.45) is 0 Å². The maximum Gasteiger partial charge on any atom is 0.226 e. The van der Waals surface area contributed by atoms with E-state index in [4.69, 9.17) is 0 Å². The SMILES string of the molecule is Cc1c(-c2ccncc2)n[nH]c1NC(=O)CC1CCCc2ccccc21. The van der Waals surface area contributed by atoms with Gasteiger partial charge in [-0.2, -0.15) is 5.10 Å². The van der Waals surface area contributed by atoms with Crippen molar-refractivity contribution in [3.8, 4) is 11.3 Å². The quantitative estimate of drug-likeness (QED) is 0.743. The molecule has 1 atom stereocenters. The Bertz CT molecular complexity index is 917. The van der Waals surface area contributed by atoms with Crippen LogP contribution in [0.4, 0.5) is 5.82 Å². The lowest BCUT2D eigenvalue weighted by Crippen LogP contribution is -2.19. The molecule has 5 nitrogen and oxygen atoms in total. The predicted octanol–water partition coefficient (Wildman–Crippen LogP) is 4.23. The van der Waals surface area contributed by atoms with E-state index < -0.39 is 0 Å². The molecule has 0 radical (unpaired) electrons. The summed E-state index contributed by atoms with van der Waals surface area (Å²) in [4.78, 5) is 16.7. The van der Waals surface area contributed by atoms with Gasteiger partial charge in [0.05, 0.1) is 5.69 Å². The number of carbonyl (C=O) groups excluding carboxylic acids is 1. The van der Waals surface area contributed by atoms with Crippen molar-refractivity contribution in [3.05, 3.63) is 65.5 Å². The summed E-state index contributed by atoms with van der Waals surface area (Å²) in [5.41, 5.74) is 5.47. The number of hydrogen-bond donors (Lipinski definition) is 2. The molecule has 1 aromatic carbocycles. The van der Waals surface area contributed by atoms with E-state index in [0.717, 1.165) is 36.1 Å². The van der Waals surface area contributed by atoms with Crippen molar-refractivity contribution in [2.75, 3.05) is 5.32 Å². The minimum absolute atomic E-state index is 0.0275. The van der Waals surface area contributed by atoms with Crippen molar-refractivity contribution in [2.45, 2.75) is 38.5 Å². The van der Waals surface area contributed by atoms with Crippen molar-refractivity contribution in [1.29, 1.82) is 0 Å². The molecule has 5 heteroatoms. The Morgan fingerprint density at radius 3 is 2.88 bits per heavy atom. The number of aryl methyl sites for hydroxylation is 1. The number of fused-ring (bicyclic) bond motifs is 1. The van der Waals surface area contributed by atoms with Gasteiger partial charge in [-0.1, -0.05) is 24.3 Å². The molecule has 0 fully saturated rings. The summed E-state index contributed by atoms with van der Waals surface area (Å²) < 4.78 is 0. The fraction of sp³-hybridized carbons (Fsp3) is 0.286. The van der Waals surface area contributed by atoms with E-state index in [1.54, 1.807) is 12.4 Å². The molecule has 2 aromatic heterocycles. The minimum atomic E-state index is 0.0275. The zero-order valence-electron chi connectivity index (χ0n) is 14.8. The number of H-pyrrole nitrogens is 1. The molecular formula is C21H22N4O. The molecule has 0 saturated carbocycles. The van der Waals surface area contributed by atoms with Gasteiger partial charge in [-0.05, 0) is 55.4 Å². The van der Waals surface area contributed by atoms with Gasteiger partial charge >= 0.3 is 0 Å². The van der Waals surface area contributed by atoms with Crippen molar-refractivity contribution in [1.82, 2.24) is 15.2 Å². The van der Waals surface area contributed by atoms with E-state index in [1.165, 1.54) is 11.1 Å². The lowest BCUT2D eigenvalue weighted by Gasteiger charge is -2.24. The average molecular weight is 346 g/mol. The number of nitrogens with one attached hydrogen (secondary N) is 2. The van der Waals surface area contributed by atoms with Gasteiger partial charge in [0.1, 0.15) is 5.82 Å². The second-order valence-electron chi connectivity index (χ2n) is 6.85. The van der Waals surface area contributed by atoms with Crippen molar-refractivity contribution >= 4 is 11.7 Å². The third kappa shape index (κ3) is 3.25. The second kappa shape index (κ2) is 7.12. The van der Waals surface area contributed by atoms with Crippen LogP contribution in [0.5, 0.6) is 0 Å². The van der Waals surface area contributed by atoms with E-state index in [1.807, 2.05) is 19.1 Å². The standard InChI is InChI=1S/C21H22N4O/c1-14-20(16-9-11-22-12-10-16)24-25-21(14)23-19(26)13-17-7-4-6-15-5-2-3-8-18(15)17/h2-3,5,8-12,17H,4,6-7,13H2,1H3,(H2,23,24,25,26). The third-order valence-electron chi connectivity index (χ3n) is 5.15. The summed E-state index contributed by atoms with van der Waals surface area (Å²) in [5, 5.41) is 10.3. The van der Waals surface area contributed by atoms with E-state index in [-0.39, 0.29) is 5.91 Å². The number of rotatable bonds is 4. The van der Waals surface area contributed by atoms with Gasteiger partial charge < -0.3 is 5.32 Å². The van der Waals surface area contributed by atoms with Crippen LogP contribution in [0.1, 0.15) is 41.9 Å². The van der Waals surface area contributed by atoms with Crippen LogP contribution in [0.25, 0.3) is 11.3 Å². The molecule has 1 aliphatic carbocycles. The van der Waals surface area contributed by atoms with E-state index in [0.29, 0.717) is 18.2 Å². The van der Waals surface area contributed by atoms with Crippen LogP contribution in [0.15, 0.2) is 48.8 Å². The Labute approximate surface area is 152 Å². The van der Waals surface area contributed by atoms with Gasteiger partial charge in [-0.15, -0.1) is 0 Å².